The van der Waals surface area contributed by atoms with Gasteiger partial charge in [-0.3, -0.25) is 9.69 Å². The lowest BCUT2D eigenvalue weighted by molar-refractivity contribution is -0.953. The van der Waals surface area contributed by atoms with E-state index in [1.165, 1.54) is 85.7 Å². The third kappa shape index (κ3) is 7.12. The Bertz CT molecular complexity index is 1700. The highest BCUT2D eigenvalue weighted by Crippen LogP contribution is 2.49. The summed E-state index contributed by atoms with van der Waals surface area (Å²) in [6.07, 6.45) is -0.261. The number of carbonyl (C=O) groups is 1. The lowest BCUT2D eigenvalue weighted by atomic mass is 9.78. The number of halogens is 3. The molecule has 0 spiro atoms. The quantitative estimate of drug-likeness (QED) is 0.184. The second kappa shape index (κ2) is 14.3. The third-order valence-corrected chi connectivity index (χ3v) is 10.3. The van der Waals surface area contributed by atoms with Gasteiger partial charge >= 0.3 is 0 Å². The van der Waals surface area contributed by atoms with Gasteiger partial charge in [-0.1, -0.05) is 36.4 Å². The average molecular weight is 721 g/mol. The number of benzene rings is 4. The van der Waals surface area contributed by atoms with Crippen LogP contribution in [0.25, 0.3) is 0 Å². The van der Waals surface area contributed by atoms with Gasteiger partial charge in [0.25, 0.3) is 0 Å². The fourth-order valence-electron chi connectivity index (χ4n) is 7.39. The lowest BCUT2D eigenvalue weighted by Crippen LogP contribution is -3.00. The van der Waals surface area contributed by atoms with Crippen LogP contribution in [0.1, 0.15) is 47.2 Å². The van der Waals surface area contributed by atoms with Crippen molar-refractivity contribution in [3.63, 3.8) is 0 Å². The summed E-state index contributed by atoms with van der Waals surface area (Å²) in [5.41, 5.74) is 4.00. The summed E-state index contributed by atoms with van der Waals surface area (Å²) >= 11 is 0. The number of piperazine rings is 3. The van der Waals surface area contributed by atoms with Gasteiger partial charge in [-0.05, 0) is 72.5 Å². The van der Waals surface area contributed by atoms with E-state index in [0.29, 0.717) is 35.6 Å². The van der Waals surface area contributed by atoms with E-state index in [-0.39, 0.29) is 40.9 Å². The van der Waals surface area contributed by atoms with Crippen LogP contribution in [0, 0.1) is 17.6 Å². The van der Waals surface area contributed by atoms with Gasteiger partial charge in [-0.25, -0.2) is 8.78 Å². The van der Waals surface area contributed by atoms with Gasteiger partial charge in [0, 0.05) is 42.5 Å². The standard InChI is InChI=1S/C38H39F2N3O4.BrH/c39-29-7-5-28(6-8-29)35(44)16-15-34-37(42(38(34)46)31-11-9-30(40)10-12-31)33-14-13-32(23-36(33)45)47-25-27-3-1-26(2-4-27)24-43-20-17-41(18-21-43)19-22-43;/h1-14,23,34-35,37,44H,15-22,24-25H2;1H/t34?,35-,37+;/m0./s1. The normalized spacial score (nSPS) is 23.7. The molecule has 2 N–H and O–H groups in total. The van der Waals surface area contributed by atoms with E-state index in [9.17, 15) is 23.8 Å². The van der Waals surface area contributed by atoms with Gasteiger partial charge in [0.15, 0.2) is 0 Å². The van der Waals surface area contributed by atoms with E-state index in [2.05, 4.69) is 29.2 Å². The Labute approximate surface area is 290 Å². The van der Waals surface area contributed by atoms with Crippen molar-refractivity contribution in [1.82, 2.24) is 4.90 Å². The van der Waals surface area contributed by atoms with E-state index >= 15 is 0 Å². The summed E-state index contributed by atoms with van der Waals surface area (Å²) in [4.78, 5) is 17.5. The molecule has 0 aliphatic carbocycles. The van der Waals surface area contributed by atoms with E-state index < -0.39 is 23.9 Å². The molecule has 4 heterocycles. The zero-order chi connectivity index (χ0) is 32.5. The number of amides is 1. The van der Waals surface area contributed by atoms with Crippen LogP contribution in [0.15, 0.2) is 91.0 Å². The molecule has 7 nitrogen and oxygen atoms in total. The van der Waals surface area contributed by atoms with Crippen LogP contribution in [0.4, 0.5) is 14.5 Å². The minimum Gasteiger partial charge on any atom is -1.00 e. The minimum absolute atomic E-state index is 0. The molecule has 2 bridgehead atoms. The molecular weight excluding hydrogens is 680 g/mol. The number of β-lactam (4-membered cyclic amide) rings is 1. The number of nitrogens with zero attached hydrogens (tertiary/aromatic N) is 3. The van der Waals surface area contributed by atoms with Crippen molar-refractivity contribution in [2.45, 2.75) is 38.1 Å². The Morgan fingerprint density at radius 3 is 2.06 bits per heavy atom. The number of phenols is 1. The minimum atomic E-state index is -0.874. The zero-order valence-electron chi connectivity index (χ0n) is 26.6. The SMILES string of the molecule is O=C1C(CC[C@H](O)c2ccc(F)cc2)[C@@H](c2ccc(OCc3ccc(C[N+]45CCN(CC4)CC5)cc3)cc2O)N1c1ccc(F)cc1.[Br-]. The molecule has 1 amide bonds. The zero-order valence-corrected chi connectivity index (χ0v) is 28.2. The van der Waals surface area contributed by atoms with Crippen LogP contribution in [0.5, 0.6) is 11.5 Å². The number of quaternary nitrogens is 1. The number of aliphatic hydroxyl groups is 1. The van der Waals surface area contributed by atoms with E-state index in [1.807, 2.05) is 0 Å². The number of ether oxygens (including phenoxy) is 1. The summed E-state index contributed by atoms with van der Waals surface area (Å²) in [6, 6.07) is 24.5. The Kier molecular flexibility index (Phi) is 10.2. The molecule has 4 aromatic rings. The highest BCUT2D eigenvalue weighted by Gasteiger charge is 2.49. The number of fused-ring (bicyclic) bond motifs is 3. The molecule has 3 atom stereocenters. The van der Waals surface area contributed by atoms with Gasteiger partial charge < -0.3 is 41.3 Å². The summed E-state index contributed by atoms with van der Waals surface area (Å²) in [5, 5.41) is 21.9. The number of phenolic OH excluding ortho intramolecular Hbond substituents is 1. The lowest BCUT2D eigenvalue weighted by Gasteiger charge is -2.50. The highest BCUT2D eigenvalue weighted by molar-refractivity contribution is 6.03. The van der Waals surface area contributed by atoms with Crippen molar-refractivity contribution >= 4 is 11.6 Å². The summed E-state index contributed by atoms with van der Waals surface area (Å²) in [7, 11) is 0. The van der Waals surface area contributed by atoms with Crippen LogP contribution in [-0.4, -0.2) is 64.8 Å². The molecule has 4 fully saturated rings. The predicted molar refractivity (Wildman–Crippen MR) is 175 cm³/mol. The van der Waals surface area contributed by atoms with Gasteiger partial charge in [0.1, 0.15) is 36.3 Å². The third-order valence-electron chi connectivity index (χ3n) is 10.3. The molecule has 252 valence electrons. The predicted octanol–water partition coefficient (Wildman–Crippen LogP) is 3.12. The number of rotatable bonds is 11. The molecule has 1 unspecified atom stereocenters. The molecule has 4 saturated heterocycles. The van der Waals surface area contributed by atoms with Crippen molar-refractivity contribution in [3.8, 4) is 11.5 Å². The Morgan fingerprint density at radius 2 is 1.44 bits per heavy atom. The van der Waals surface area contributed by atoms with Gasteiger partial charge in [-0.15, -0.1) is 0 Å². The van der Waals surface area contributed by atoms with Crippen molar-refractivity contribution in [2.75, 3.05) is 44.2 Å². The molecule has 0 aromatic heterocycles. The number of aromatic hydroxyl groups is 1. The molecule has 4 aliphatic heterocycles. The number of carbonyl (C=O) groups excluding carboxylic acids is 1. The Balaban J connectivity index is 0.00000401. The van der Waals surface area contributed by atoms with Crippen LogP contribution in [-0.2, 0) is 17.9 Å². The molecule has 0 radical (unpaired) electrons. The van der Waals surface area contributed by atoms with Gasteiger partial charge in [0.05, 0.1) is 37.7 Å². The van der Waals surface area contributed by atoms with Gasteiger partial charge in [0.2, 0.25) is 5.91 Å². The van der Waals surface area contributed by atoms with Crippen molar-refractivity contribution in [2.24, 2.45) is 5.92 Å². The fourth-order valence-corrected chi connectivity index (χ4v) is 7.39. The van der Waals surface area contributed by atoms with E-state index in [1.54, 1.807) is 35.2 Å². The maximum absolute atomic E-state index is 13.7. The molecule has 10 heteroatoms. The molecule has 8 rings (SSSR count). The number of hydrogen-bond donors (Lipinski definition) is 2. The molecular formula is C38H40BrF2N3O4. The number of anilines is 1. The first-order valence-electron chi connectivity index (χ1n) is 16.4. The molecule has 0 saturated carbocycles. The molecule has 4 aromatic carbocycles. The van der Waals surface area contributed by atoms with Crippen molar-refractivity contribution in [3.05, 3.63) is 125 Å². The van der Waals surface area contributed by atoms with Gasteiger partial charge in [-0.2, -0.15) is 0 Å². The smallest absolute Gasteiger partial charge is 0.233 e. The first-order chi connectivity index (χ1) is 22.8. The van der Waals surface area contributed by atoms with Crippen molar-refractivity contribution < 1.29 is 50.0 Å². The van der Waals surface area contributed by atoms with Crippen LogP contribution in [0.2, 0.25) is 0 Å². The second-order valence-electron chi connectivity index (χ2n) is 13.2. The van der Waals surface area contributed by atoms with E-state index in [0.717, 1.165) is 12.1 Å². The van der Waals surface area contributed by atoms with E-state index in [4.69, 9.17) is 4.74 Å². The number of aliphatic hydroxyl groups excluding tert-OH is 1. The maximum atomic E-state index is 13.7. The van der Waals surface area contributed by atoms with Crippen molar-refractivity contribution in [1.29, 1.82) is 0 Å². The van der Waals surface area contributed by atoms with Crippen LogP contribution < -0.4 is 26.6 Å². The number of hydrogen-bond acceptors (Lipinski definition) is 5. The second-order valence-corrected chi connectivity index (χ2v) is 13.2. The monoisotopic (exact) mass is 719 g/mol. The Hall–Kier alpha value is -3.83. The summed E-state index contributed by atoms with van der Waals surface area (Å²) < 4.78 is 34.3. The first-order valence-corrected chi connectivity index (χ1v) is 16.4. The largest absolute Gasteiger partial charge is 1.00 e. The fraction of sp³-hybridized carbons (Fsp3) is 0.342. The van der Waals surface area contributed by atoms with Crippen LogP contribution in [0.3, 0.4) is 0 Å². The summed E-state index contributed by atoms with van der Waals surface area (Å²) in [6.45, 7) is 8.66. The van der Waals surface area contributed by atoms with Crippen LogP contribution >= 0.6 is 0 Å². The Morgan fingerprint density at radius 1 is 0.833 bits per heavy atom. The topological polar surface area (TPSA) is 73.2 Å². The molecule has 48 heavy (non-hydrogen) atoms. The first kappa shape index (κ1) is 34.0. The summed E-state index contributed by atoms with van der Waals surface area (Å²) in [5.74, 6) is -1.01. The highest BCUT2D eigenvalue weighted by atomic mass is 79.9. The average Bonchev–Trinajstić information content (AvgIpc) is 3.09. The maximum Gasteiger partial charge on any atom is 0.233 e. The molecule has 4 aliphatic rings.